The predicted octanol–water partition coefficient (Wildman–Crippen LogP) is 3.42. The minimum absolute atomic E-state index is 0.0226. The standard InChI is InChI=1S/C22H22FN3O2S/c1-2-25-19-9-4-3-8-17(19)22(21(25)28)18(11-16-12-29-13-26(16)22)20(27)24-15-7-5-6-14(23)10-15/h3-10,16,18H,2,11-13H2,1H3,(H,24,27)/t16-,18-,22+/m1/s1. The first-order valence-electron chi connectivity index (χ1n) is 9.89. The third-order valence-electron chi connectivity index (χ3n) is 6.35. The van der Waals surface area contributed by atoms with E-state index in [4.69, 9.17) is 0 Å². The zero-order chi connectivity index (χ0) is 20.2. The lowest BCUT2D eigenvalue weighted by atomic mass is 9.79. The highest BCUT2D eigenvalue weighted by Gasteiger charge is 2.67. The van der Waals surface area contributed by atoms with Gasteiger partial charge in [0.1, 0.15) is 11.4 Å². The summed E-state index contributed by atoms with van der Waals surface area (Å²) in [4.78, 5) is 31.3. The molecule has 2 amide bonds. The molecule has 2 aromatic carbocycles. The number of benzene rings is 2. The third kappa shape index (κ3) is 2.57. The Morgan fingerprint density at radius 3 is 2.90 bits per heavy atom. The van der Waals surface area contributed by atoms with Crippen LogP contribution < -0.4 is 10.2 Å². The molecule has 0 radical (unpaired) electrons. The van der Waals surface area contributed by atoms with Gasteiger partial charge in [-0.05, 0) is 37.6 Å². The molecule has 0 bridgehead atoms. The van der Waals surface area contributed by atoms with Crippen molar-refractivity contribution < 1.29 is 14.0 Å². The maximum Gasteiger partial charge on any atom is 0.253 e. The molecule has 2 saturated heterocycles. The van der Waals surface area contributed by atoms with Crippen LogP contribution in [0, 0.1) is 11.7 Å². The Morgan fingerprint density at radius 1 is 1.28 bits per heavy atom. The highest BCUT2D eigenvalue weighted by atomic mass is 32.2. The molecule has 150 valence electrons. The van der Waals surface area contributed by atoms with Crippen LogP contribution in [-0.4, -0.2) is 40.9 Å². The number of carbonyl (C=O) groups is 2. The van der Waals surface area contributed by atoms with E-state index in [1.807, 2.05) is 31.2 Å². The van der Waals surface area contributed by atoms with E-state index >= 15 is 0 Å². The first-order chi connectivity index (χ1) is 14.1. The summed E-state index contributed by atoms with van der Waals surface area (Å²) < 4.78 is 13.6. The monoisotopic (exact) mass is 411 g/mol. The van der Waals surface area contributed by atoms with Gasteiger partial charge in [0.2, 0.25) is 5.91 Å². The van der Waals surface area contributed by atoms with E-state index in [-0.39, 0.29) is 17.9 Å². The van der Waals surface area contributed by atoms with Crippen LogP contribution >= 0.6 is 11.8 Å². The molecule has 2 aromatic rings. The van der Waals surface area contributed by atoms with Gasteiger partial charge in [-0.25, -0.2) is 4.39 Å². The molecule has 3 heterocycles. The number of fused-ring (bicyclic) bond motifs is 4. The van der Waals surface area contributed by atoms with Gasteiger partial charge in [-0.2, -0.15) is 0 Å². The fourth-order valence-corrected chi connectivity index (χ4v) is 6.50. The smallest absolute Gasteiger partial charge is 0.253 e. The van der Waals surface area contributed by atoms with Crippen molar-refractivity contribution in [2.24, 2.45) is 5.92 Å². The number of thioether (sulfide) groups is 1. The molecule has 1 N–H and O–H groups in total. The van der Waals surface area contributed by atoms with Gasteiger partial charge in [0, 0.05) is 41.2 Å². The van der Waals surface area contributed by atoms with Crippen molar-refractivity contribution in [3.63, 3.8) is 0 Å². The van der Waals surface area contributed by atoms with Crippen LogP contribution in [0.15, 0.2) is 48.5 Å². The largest absolute Gasteiger partial charge is 0.326 e. The van der Waals surface area contributed by atoms with Crippen molar-refractivity contribution in [1.82, 2.24) is 4.90 Å². The molecular formula is C22H22FN3O2S. The molecule has 5 rings (SSSR count). The van der Waals surface area contributed by atoms with Crippen LogP contribution in [0.25, 0.3) is 0 Å². The van der Waals surface area contributed by atoms with E-state index in [1.165, 1.54) is 12.1 Å². The van der Waals surface area contributed by atoms with Crippen molar-refractivity contribution >= 4 is 35.0 Å². The first kappa shape index (κ1) is 18.6. The summed E-state index contributed by atoms with van der Waals surface area (Å²) in [5.74, 6) is 0.461. The Balaban J connectivity index is 1.61. The predicted molar refractivity (Wildman–Crippen MR) is 112 cm³/mol. The van der Waals surface area contributed by atoms with Gasteiger partial charge in [0.05, 0.1) is 5.92 Å². The van der Waals surface area contributed by atoms with Crippen molar-refractivity contribution in [3.8, 4) is 0 Å². The van der Waals surface area contributed by atoms with Gasteiger partial charge < -0.3 is 10.2 Å². The molecule has 3 aliphatic heterocycles. The normalized spacial score (nSPS) is 28.1. The molecule has 1 spiro atoms. The van der Waals surface area contributed by atoms with Crippen LogP contribution in [0.3, 0.4) is 0 Å². The summed E-state index contributed by atoms with van der Waals surface area (Å²) >= 11 is 1.81. The quantitative estimate of drug-likeness (QED) is 0.841. The van der Waals surface area contributed by atoms with Crippen LogP contribution in [0.4, 0.5) is 15.8 Å². The summed E-state index contributed by atoms with van der Waals surface area (Å²) in [7, 11) is 0. The SMILES string of the molecule is CCN1C(=O)[C@]2(c3ccccc31)[C@@H](C(=O)Nc1cccc(F)c1)C[C@@H]1CSCN12. The number of nitrogens with zero attached hydrogens (tertiary/aromatic N) is 2. The fourth-order valence-electron chi connectivity index (χ4n) is 5.19. The zero-order valence-corrected chi connectivity index (χ0v) is 16.9. The minimum atomic E-state index is -0.988. The van der Waals surface area contributed by atoms with Crippen LogP contribution in [0.2, 0.25) is 0 Å². The van der Waals surface area contributed by atoms with Gasteiger partial charge in [-0.15, -0.1) is 11.8 Å². The zero-order valence-electron chi connectivity index (χ0n) is 16.1. The number of nitrogens with one attached hydrogen (secondary N) is 1. The maximum atomic E-state index is 13.8. The lowest BCUT2D eigenvalue weighted by molar-refractivity contribution is -0.136. The fraction of sp³-hybridized carbons (Fsp3) is 0.364. The number of anilines is 2. The number of hydrogen-bond donors (Lipinski definition) is 1. The summed E-state index contributed by atoms with van der Waals surface area (Å²) in [6.45, 7) is 2.52. The Bertz CT molecular complexity index is 1000. The second-order valence-corrected chi connectivity index (χ2v) is 8.74. The average molecular weight is 412 g/mol. The van der Waals surface area contributed by atoms with Gasteiger partial charge >= 0.3 is 0 Å². The molecule has 2 fully saturated rings. The van der Waals surface area contributed by atoms with Crippen molar-refractivity contribution in [2.75, 3.05) is 28.4 Å². The van der Waals surface area contributed by atoms with Gasteiger partial charge in [-0.3, -0.25) is 14.5 Å². The number of rotatable bonds is 3. The second-order valence-electron chi connectivity index (χ2n) is 7.74. The van der Waals surface area contributed by atoms with Crippen molar-refractivity contribution in [1.29, 1.82) is 0 Å². The lowest BCUT2D eigenvalue weighted by Crippen LogP contribution is -2.55. The summed E-state index contributed by atoms with van der Waals surface area (Å²) in [6, 6.07) is 13.9. The molecule has 0 saturated carbocycles. The van der Waals surface area contributed by atoms with Gasteiger partial charge in [0.15, 0.2) is 0 Å². The van der Waals surface area contributed by atoms with Crippen molar-refractivity contribution in [2.45, 2.75) is 24.9 Å². The van der Waals surface area contributed by atoms with Crippen LogP contribution in [-0.2, 0) is 15.1 Å². The number of likely N-dealkylation sites (N-methyl/N-ethyl adjacent to an activating group) is 1. The van der Waals surface area contributed by atoms with E-state index in [9.17, 15) is 14.0 Å². The highest BCUT2D eigenvalue weighted by molar-refractivity contribution is 7.99. The average Bonchev–Trinajstić information content (AvgIpc) is 3.35. The Morgan fingerprint density at radius 2 is 2.10 bits per heavy atom. The topological polar surface area (TPSA) is 52.7 Å². The lowest BCUT2D eigenvalue weighted by Gasteiger charge is -2.36. The molecule has 3 aliphatic rings. The van der Waals surface area contributed by atoms with Gasteiger partial charge in [-0.1, -0.05) is 24.3 Å². The third-order valence-corrected chi connectivity index (χ3v) is 7.43. The Labute approximate surface area is 173 Å². The molecule has 7 heteroatoms. The summed E-state index contributed by atoms with van der Waals surface area (Å²) in [6.07, 6.45) is 0.617. The molecule has 0 aliphatic carbocycles. The molecule has 29 heavy (non-hydrogen) atoms. The number of amides is 2. The van der Waals surface area contributed by atoms with Crippen LogP contribution in [0.5, 0.6) is 0 Å². The number of halogens is 1. The minimum Gasteiger partial charge on any atom is -0.326 e. The van der Waals surface area contributed by atoms with Crippen LogP contribution in [0.1, 0.15) is 18.9 Å². The molecular weight excluding hydrogens is 389 g/mol. The molecule has 5 nitrogen and oxygen atoms in total. The number of para-hydroxylation sites is 1. The second kappa shape index (κ2) is 6.85. The first-order valence-corrected chi connectivity index (χ1v) is 11.0. The highest BCUT2D eigenvalue weighted by Crippen LogP contribution is 2.57. The number of carbonyl (C=O) groups excluding carboxylic acids is 2. The number of hydrogen-bond acceptors (Lipinski definition) is 4. The summed E-state index contributed by atoms with van der Waals surface area (Å²) in [5.41, 5.74) is 1.23. The van der Waals surface area contributed by atoms with E-state index in [0.29, 0.717) is 18.7 Å². The van der Waals surface area contributed by atoms with Crippen molar-refractivity contribution in [3.05, 3.63) is 59.9 Å². The Kier molecular flexibility index (Phi) is 4.40. The maximum absolute atomic E-state index is 13.8. The van der Waals surface area contributed by atoms with E-state index in [0.717, 1.165) is 22.9 Å². The molecule has 3 atom stereocenters. The molecule has 0 aromatic heterocycles. The van der Waals surface area contributed by atoms with Gasteiger partial charge in [0.25, 0.3) is 5.91 Å². The van der Waals surface area contributed by atoms with E-state index in [1.54, 1.807) is 28.8 Å². The molecule has 0 unspecified atom stereocenters. The van der Waals surface area contributed by atoms with E-state index in [2.05, 4.69) is 10.2 Å². The summed E-state index contributed by atoms with van der Waals surface area (Å²) in [5, 5.41) is 2.87. The van der Waals surface area contributed by atoms with E-state index < -0.39 is 17.3 Å². The Hall–Kier alpha value is -2.38.